The molecular formula is C24H21N3O2. The molecule has 1 aromatic heterocycles. The minimum absolute atomic E-state index is 0.0223. The smallest absolute Gasteiger partial charge is 0.257 e. The molecule has 29 heavy (non-hydrogen) atoms. The molecule has 1 amide bonds. The normalized spacial score (nSPS) is 10.7. The van der Waals surface area contributed by atoms with Gasteiger partial charge in [-0.05, 0) is 42.3 Å². The summed E-state index contributed by atoms with van der Waals surface area (Å²) in [5.74, 6) is 1.01. The Labute approximate surface area is 169 Å². The first-order chi connectivity index (χ1) is 14.2. The molecule has 1 heterocycles. The van der Waals surface area contributed by atoms with Gasteiger partial charge in [0.2, 0.25) is 0 Å². The molecule has 0 aliphatic carbocycles. The molecule has 5 nitrogen and oxygen atoms in total. The standard InChI is InChI=1S/C24H21N3O2/c1-18-25-23(29-26-18)21-12-14-22(15-13-21)24(28)27(16-19-8-4-2-5-9-19)17-20-10-6-3-7-11-20/h2-15H,16-17H2,1H3. The van der Waals surface area contributed by atoms with Gasteiger partial charge in [0.15, 0.2) is 5.82 Å². The van der Waals surface area contributed by atoms with E-state index in [1.165, 1.54) is 0 Å². The van der Waals surface area contributed by atoms with Crippen molar-refractivity contribution < 1.29 is 9.32 Å². The van der Waals surface area contributed by atoms with Crippen molar-refractivity contribution >= 4 is 5.91 Å². The van der Waals surface area contributed by atoms with E-state index in [2.05, 4.69) is 10.1 Å². The second-order valence-corrected chi connectivity index (χ2v) is 6.86. The third-order valence-corrected chi connectivity index (χ3v) is 4.63. The van der Waals surface area contributed by atoms with Crippen LogP contribution < -0.4 is 0 Å². The van der Waals surface area contributed by atoms with Crippen LogP contribution >= 0.6 is 0 Å². The summed E-state index contributed by atoms with van der Waals surface area (Å²) in [6.07, 6.45) is 0. The molecule has 4 rings (SSSR count). The van der Waals surface area contributed by atoms with Gasteiger partial charge in [-0.1, -0.05) is 65.8 Å². The van der Waals surface area contributed by atoms with E-state index in [4.69, 9.17) is 4.52 Å². The fourth-order valence-electron chi connectivity index (χ4n) is 3.16. The zero-order valence-electron chi connectivity index (χ0n) is 16.2. The maximum atomic E-state index is 13.3. The van der Waals surface area contributed by atoms with Gasteiger partial charge in [0.25, 0.3) is 11.8 Å². The number of carbonyl (C=O) groups is 1. The zero-order chi connectivity index (χ0) is 20.1. The Hall–Kier alpha value is -3.73. The van der Waals surface area contributed by atoms with E-state index in [1.54, 1.807) is 19.1 Å². The summed E-state index contributed by atoms with van der Waals surface area (Å²) < 4.78 is 5.20. The number of carbonyl (C=O) groups excluding carboxylic acids is 1. The van der Waals surface area contributed by atoms with Crippen LogP contribution in [0.1, 0.15) is 27.3 Å². The lowest BCUT2D eigenvalue weighted by Crippen LogP contribution is -2.30. The Morgan fingerprint density at radius 2 is 1.38 bits per heavy atom. The lowest BCUT2D eigenvalue weighted by molar-refractivity contribution is 0.0730. The minimum Gasteiger partial charge on any atom is -0.334 e. The van der Waals surface area contributed by atoms with E-state index < -0.39 is 0 Å². The highest BCUT2D eigenvalue weighted by Crippen LogP contribution is 2.20. The molecule has 0 bridgehead atoms. The van der Waals surface area contributed by atoms with Gasteiger partial charge >= 0.3 is 0 Å². The van der Waals surface area contributed by atoms with Crippen molar-refractivity contribution in [1.29, 1.82) is 0 Å². The highest BCUT2D eigenvalue weighted by molar-refractivity contribution is 5.94. The number of aromatic nitrogens is 2. The molecule has 0 fully saturated rings. The first kappa shape index (κ1) is 18.6. The Balaban J connectivity index is 1.58. The van der Waals surface area contributed by atoms with Crippen molar-refractivity contribution in [3.05, 3.63) is 107 Å². The summed E-state index contributed by atoms with van der Waals surface area (Å²) >= 11 is 0. The summed E-state index contributed by atoms with van der Waals surface area (Å²) in [5.41, 5.74) is 3.60. The van der Waals surface area contributed by atoms with Gasteiger partial charge in [-0.25, -0.2) is 0 Å². The SMILES string of the molecule is Cc1noc(-c2ccc(C(=O)N(Cc3ccccc3)Cc3ccccc3)cc2)n1. The number of amides is 1. The predicted octanol–water partition coefficient (Wildman–Crippen LogP) is 4.89. The van der Waals surface area contributed by atoms with Gasteiger partial charge in [-0.3, -0.25) is 4.79 Å². The quantitative estimate of drug-likeness (QED) is 0.476. The second kappa shape index (κ2) is 8.52. The minimum atomic E-state index is -0.0223. The highest BCUT2D eigenvalue weighted by Gasteiger charge is 2.17. The van der Waals surface area contributed by atoms with Gasteiger partial charge < -0.3 is 9.42 Å². The lowest BCUT2D eigenvalue weighted by Gasteiger charge is -2.23. The molecule has 0 N–H and O–H groups in total. The van der Waals surface area contributed by atoms with Crippen molar-refractivity contribution in [3.63, 3.8) is 0 Å². The van der Waals surface area contributed by atoms with Crippen molar-refractivity contribution in [1.82, 2.24) is 15.0 Å². The first-order valence-corrected chi connectivity index (χ1v) is 9.47. The van der Waals surface area contributed by atoms with Crippen molar-refractivity contribution in [2.24, 2.45) is 0 Å². The molecule has 0 atom stereocenters. The fraction of sp³-hybridized carbons (Fsp3) is 0.125. The van der Waals surface area contributed by atoms with Crippen LogP contribution in [0.2, 0.25) is 0 Å². The summed E-state index contributed by atoms with van der Waals surface area (Å²) in [7, 11) is 0. The van der Waals surface area contributed by atoms with E-state index in [9.17, 15) is 4.79 Å². The Kier molecular flexibility index (Phi) is 5.47. The number of benzene rings is 3. The van der Waals surface area contributed by atoms with Crippen LogP contribution in [-0.2, 0) is 13.1 Å². The van der Waals surface area contributed by atoms with E-state index in [0.29, 0.717) is 30.4 Å². The van der Waals surface area contributed by atoms with Gasteiger partial charge in [-0.15, -0.1) is 0 Å². The monoisotopic (exact) mass is 383 g/mol. The van der Waals surface area contributed by atoms with E-state index in [-0.39, 0.29) is 5.91 Å². The predicted molar refractivity (Wildman–Crippen MR) is 111 cm³/mol. The largest absolute Gasteiger partial charge is 0.334 e. The van der Waals surface area contributed by atoms with Gasteiger partial charge in [0, 0.05) is 24.2 Å². The lowest BCUT2D eigenvalue weighted by atomic mass is 10.1. The van der Waals surface area contributed by atoms with E-state index in [1.807, 2.05) is 77.7 Å². The van der Waals surface area contributed by atoms with Crippen LogP contribution in [0, 0.1) is 6.92 Å². The summed E-state index contributed by atoms with van der Waals surface area (Å²) in [4.78, 5) is 19.4. The van der Waals surface area contributed by atoms with Gasteiger partial charge in [0.05, 0.1) is 0 Å². The molecule has 0 radical (unpaired) electrons. The molecule has 4 aromatic rings. The highest BCUT2D eigenvalue weighted by atomic mass is 16.5. The van der Waals surface area contributed by atoms with Crippen LogP contribution in [0.5, 0.6) is 0 Å². The fourth-order valence-corrected chi connectivity index (χ4v) is 3.16. The van der Waals surface area contributed by atoms with E-state index >= 15 is 0 Å². The molecule has 0 spiro atoms. The molecule has 144 valence electrons. The maximum Gasteiger partial charge on any atom is 0.257 e. The third-order valence-electron chi connectivity index (χ3n) is 4.63. The molecule has 3 aromatic carbocycles. The average Bonchev–Trinajstić information content (AvgIpc) is 3.21. The molecule has 0 unspecified atom stereocenters. The Morgan fingerprint density at radius 3 is 1.86 bits per heavy atom. The number of hydrogen-bond donors (Lipinski definition) is 0. The van der Waals surface area contributed by atoms with E-state index in [0.717, 1.165) is 16.7 Å². The van der Waals surface area contributed by atoms with Crippen LogP contribution in [0.15, 0.2) is 89.5 Å². The van der Waals surface area contributed by atoms with Crippen LogP contribution in [0.4, 0.5) is 0 Å². The topological polar surface area (TPSA) is 59.2 Å². The maximum absolute atomic E-state index is 13.3. The van der Waals surface area contributed by atoms with Crippen LogP contribution in [0.25, 0.3) is 11.5 Å². The number of hydrogen-bond acceptors (Lipinski definition) is 4. The Morgan fingerprint density at radius 1 is 0.828 bits per heavy atom. The van der Waals surface area contributed by atoms with Crippen molar-refractivity contribution in [2.75, 3.05) is 0 Å². The first-order valence-electron chi connectivity index (χ1n) is 9.47. The third kappa shape index (κ3) is 4.58. The Bertz CT molecular complexity index is 1030. The number of aryl methyl sites for hydroxylation is 1. The molecule has 0 saturated heterocycles. The zero-order valence-corrected chi connectivity index (χ0v) is 16.2. The van der Waals surface area contributed by atoms with Crippen LogP contribution in [-0.4, -0.2) is 20.9 Å². The second-order valence-electron chi connectivity index (χ2n) is 6.86. The van der Waals surface area contributed by atoms with Crippen molar-refractivity contribution in [2.45, 2.75) is 20.0 Å². The molecule has 0 saturated carbocycles. The molecular weight excluding hydrogens is 362 g/mol. The summed E-state index contributed by atoms with van der Waals surface area (Å²) in [6.45, 7) is 2.86. The molecule has 5 heteroatoms. The summed E-state index contributed by atoms with van der Waals surface area (Å²) in [5, 5.41) is 3.81. The van der Waals surface area contributed by atoms with Crippen LogP contribution in [0.3, 0.4) is 0 Å². The summed E-state index contributed by atoms with van der Waals surface area (Å²) in [6, 6.07) is 27.3. The van der Waals surface area contributed by atoms with Gasteiger partial charge in [0.1, 0.15) is 0 Å². The van der Waals surface area contributed by atoms with Crippen molar-refractivity contribution in [3.8, 4) is 11.5 Å². The molecule has 0 aliphatic rings. The van der Waals surface area contributed by atoms with Gasteiger partial charge in [-0.2, -0.15) is 4.98 Å². The average molecular weight is 383 g/mol. The number of rotatable bonds is 6. The molecule has 0 aliphatic heterocycles. The number of nitrogens with zero attached hydrogens (tertiary/aromatic N) is 3.